The average molecular weight is 355 g/mol. The van der Waals surface area contributed by atoms with E-state index in [0.717, 1.165) is 11.3 Å². The molecule has 26 heavy (non-hydrogen) atoms. The summed E-state index contributed by atoms with van der Waals surface area (Å²) in [5.74, 6) is 0.488. The van der Waals surface area contributed by atoms with Crippen LogP contribution in [0.4, 0.5) is 4.39 Å². The summed E-state index contributed by atoms with van der Waals surface area (Å²) in [6.07, 6.45) is 0.704. The van der Waals surface area contributed by atoms with E-state index >= 15 is 0 Å². The van der Waals surface area contributed by atoms with E-state index in [9.17, 15) is 9.18 Å². The Kier molecular flexibility index (Phi) is 4.02. The van der Waals surface area contributed by atoms with Crippen LogP contribution in [0.5, 0.6) is 0 Å². The van der Waals surface area contributed by atoms with Crippen molar-refractivity contribution >= 4 is 5.91 Å². The first-order valence-corrected chi connectivity index (χ1v) is 8.45. The number of carbonyl (C=O) groups excluding carboxylic acids is 1. The molecule has 7 nitrogen and oxygen atoms in total. The van der Waals surface area contributed by atoms with Gasteiger partial charge in [-0.1, -0.05) is 30.3 Å². The van der Waals surface area contributed by atoms with Gasteiger partial charge < -0.3 is 9.42 Å². The number of nitrogens with zero attached hydrogens (tertiary/aromatic N) is 5. The lowest BCUT2D eigenvalue weighted by Gasteiger charge is -2.16. The Balaban J connectivity index is 1.56. The van der Waals surface area contributed by atoms with Gasteiger partial charge in [0.1, 0.15) is 5.82 Å². The molecule has 1 aromatic carbocycles. The Morgan fingerprint density at radius 2 is 2.12 bits per heavy atom. The maximum atomic E-state index is 13.8. The van der Waals surface area contributed by atoms with Gasteiger partial charge in [0.25, 0.3) is 5.89 Å². The maximum Gasteiger partial charge on any atom is 0.278 e. The molecule has 4 rings (SSSR count). The second-order valence-electron chi connectivity index (χ2n) is 6.28. The standard InChI is InChI=1S/C18H18FN5O2/c1-3-15-20-18(26-22-15)17-12-9-24(10-14(12)23(2)21-17)16(25)8-11-6-4-5-7-13(11)19/h4-7H,3,8-10H2,1-2H3. The van der Waals surface area contributed by atoms with E-state index in [4.69, 9.17) is 4.52 Å². The zero-order valence-corrected chi connectivity index (χ0v) is 14.6. The van der Waals surface area contributed by atoms with Gasteiger partial charge in [0.15, 0.2) is 11.5 Å². The predicted molar refractivity (Wildman–Crippen MR) is 90.2 cm³/mol. The van der Waals surface area contributed by atoms with Crippen LogP contribution in [0.15, 0.2) is 28.8 Å². The van der Waals surface area contributed by atoms with Crippen molar-refractivity contribution in [2.75, 3.05) is 0 Å². The SMILES string of the molecule is CCc1noc(-c2nn(C)c3c2CN(C(=O)Cc2ccccc2F)C3)n1. The fourth-order valence-electron chi connectivity index (χ4n) is 3.15. The van der Waals surface area contributed by atoms with Gasteiger partial charge >= 0.3 is 0 Å². The Labute approximate surface area is 149 Å². The first kappa shape index (κ1) is 16.4. The molecule has 2 aromatic heterocycles. The zero-order valence-electron chi connectivity index (χ0n) is 14.6. The summed E-state index contributed by atoms with van der Waals surface area (Å²) in [6.45, 7) is 2.77. The monoisotopic (exact) mass is 355 g/mol. The van der Waals surface area contributed by atoms with E-state index in [0.29, 0.717) is 42.5 Å². The highest BCUT2D eigenvalue weighted by molar-refractivity contribution is 5.80. The average Bonchev–Trinajstić information content (AvgIpc) is 3.33. The zero-order chi connectivity index (χ0) is 18.3. The van der Waals surface area contributed by atoms with Crippen molar-refractivity contribution in [2.45, 2.75) is 32.9 Å². The number of aryl methyl sites for hydroxylation is 2. The van der Waals surface area contributed by atoms with Crippen LogP contribution < -0.4 is 0 Å². The topological polar surface area (TPSA) is 77.0 Å². The minimum absolute atomic E-state index is 0.0317. The van der Waals surface area contributed by atoms with Gasteiger partial charge in [-0.2, -0.15) is 10.1 Å². The number of benzene rings is 1. The summed E-state index contributed by atoms with van der Waals surface area (Å²) < 4.78 is 20.8. The van der Waals surface area contributed by atoms with Crippen LogP contribution in [0.2, 0.25) is 0 Å². The van der Waals surface area contributed by atoms with E-state index in [-0.39, 0.29) is 18.1 Å². The molecule has 0 radical (unpaired) electrons. The molecule has 134 valence electrons. The smallest absolute Gasteiger partial charge is 0.278 e. The van der Waals surface area contributed by atoms with E-state index in [1.165, 1.54) is 6.07 Å². The minimum atomic E-state index is -0.363. The van der Waals surface area contributed by atoms with Crippen molar-refractivity contribution in [2.24, 2.45) is 7.05 Å². The van der Waals surface area contributed by atoms with Crippen LogP contribution >= 0.6 is 0 Å². The normalized spacial score (nSPS) is 13.3. The number of fused-ring (bicyclic) bond motifs is 1. The summed E-state index contributed by atoms with van der Waals surface area (Å²) in [6, 6.07) is 6.34. The van der Waals surface area contributed by atoms with Crippen LogP contribution in [-0.2, 0) is 37.8 Å². The number of halogens is 1. The Morgan fingerprint density at radius 1 is 1.31 bits per heavy atom. The largest absolute Gasteiger partial charge is 0.332 e. The second kappa shape index (κ2) is 6.36. The van der Waals surface area contributed by atoms with Crippen LogP contribution in [-0.4, -0.2) is 30.7 Å². The van der Waals surface area contributed by atoms with Crippen molar-refractivity contribution in [3.63, 3.8) is 0 Å². The molecule has 0 saturated heterocycles. The number of hydrogen-bond donors (Lipinski definition) is 0. The quantitative estimate of drug-likeness (QED) is 0.717. The molecule has 0 spiro atoms. The second-order valence-corrected chi connectivity index (χ2v) is 6.28. The van der Waals surface area contributed by atoms with Crippen LogP contribution in [0.3, 0.4) is 0 Å². The lowest BCUT2D eigenvalue weighted by molar-refractivity contribution is -0.131. The number of amides is 1. The Morgan fingerprint density at radius 3 is 2.85 bits per heavy atom. The highest BCUT2D eigenvalue weighted by Crippen LogP contribution is 2.31. The Bertz CT molecular complexity index is 978. The van der Waals surface area contributed by atoms with Crippen LogP contribution in [0, 0.1) is 5.82 Å². The van der Waals surface area contributed by atoms with E-state index < -0.39 is 0 Å². The maximum absolute atomic E-state index is 13.8. The summed E-state index contributed by atoms with van der Waals surface area (Å²) >= 11 is 0. The van der Waals surface area contributed by atoms with Gasteiger partial charge in [-0.15, -0.1) is 0 Å². The molecular formula is C18H18FN5O2. The highest BCUT2D eigenvalue weighted by atomic mass is 19.1. The number of rotatable bonds is 4. The molecule has 1 aliphatic rings. The molecule has 3 heterocycles. The number of carbonyl (C=O) groups is 1. The van der Waals surface area contributed by atoms with E-state index in [2.05, 4.69) is 15.2 Å². The van der Waals surface area contributed by atoms with Gasteiger partial charge in [0.2, 0.25) is 5.91 Å². The number of aromatic nitrogens is 4. The van der Waals surface area contributed by atoms with Crippen molar-refractivity contribution in [1.29, 1.82) is 0 Å². The molecule has 0 unspecified atom stereocenters. The molecule has 0 atom stereocenters. The van der Waals surface area contributed by atoms with Crippen molar-refractivity contribution < 1.29 is 13.7 Å². The molecule has 1 aliphatic heterocycles. The third kappa shape index (κ3) is 2.77. The first-order chi connectivity index (χ1) is 12.6. The predicted octanol–water partition coefficient (Wildman–Crippen LogP) is 2.26. The summed E-state index contributed by atoms with van der Waals surface area (Å²) in [5.41, 5.74) is 2.84. The highest BCUT2D eigenvalue weighted by Gasteiger charge is 2.32. The fourth-order valence-corrected chi connectivity index (χ4v) is 3.15. The van der Waals surface area contributed by atoms with Crippen molar-refractivity contribution in [1.82, 2.24) is 24.8 Å². The van der Waals surface area contributed by atoms with Gasteiger partial charge in [-0.3, -0.25) is 9.48 Å². The lowest BCUT2D eigenvalue weighted by atomic mass is 10.1. The summed E-state index contributed by atoms with van der Waals surface area (Å²) in [7, 11) is 1.82. The summed E-state index contributed by atoms with van der Waals surface area (Å²) in [5, 5.41) is 8.37. The fraction of sp³-hybridized carbons (Fsp3) is 0.333. The molecule has 1 amide bonds. The van der Waals surface area contributed by atoms with E-state index in [1.807, 2.05) is 14.0 Å². The molecular weight excluding hydrogens is 337 g/mol. The van der Waals surface area contributed by atoms with Crippen molar-refractivity contribution in [3.05, 3.63) is 52.7 Å². The molecule has 3 aromatic rings. The Hall–Kier alpha value is -3.03. The number of hydrogen-bond acceptors (Lipinski definition) is 5. The van der Waals surface area contributed by atoms with Gasteiger partial charge in [0.05, 0.1) is 25.2 Å². The minimum Gasteiger partial charge on any atom is -0.332 e. The van der Waals surface area contributed by atoms with Crippen LogP contribution in [0.25, 0.3) is 11.6 Å². The lowest BCUT2D eigenvalue weighted by Crippen LogP contribution is -2.28. The molecule has 0 aliphatic carbocycles. The molecule has 8 heteroatoms. The van der Waals surface area contributed by atoms with Crippen molar-refractivity contribution in [3.8, 4) is 11.6 Å². The molecule has 0 fully saturated rings. The molecule has 0 saturated carbocycles. The van der Waals surface area contributed by atoms with Crippen LogP contribution in [0.1, 0.15) is 29.6 Å². The van der Waals surface area contributed by atoms with Gasteiger partial charge in [0, 0.05) is 19.0 Å². The first-order valence-electron chi connectivity index (χ1n) is 8.45. The molecule has 0 bridgehead atoms. The van der Waals surface area contributed by atoms with Gasteiger partial charge in [-0.05, 0) is 11.6 Å². The third-order valence-corrected chi connectivity index (χ3v) is 4.60. The van der Waals surface area contributed by atoms with E-state index in [1.54, 1.807) is 27.8 Å². The summed E-state index contributed by atoms with van der Waals surface area (Å²) in [4.78, 5) is 18.6. The third-order valence-electron chi connectivity index (χ3n) is 4.60. The molecule has 0 N–H and O–H groups in total. The van der Waals surface area contributed by atoms with Gasteiger partial charge in [-0.25, -0.2) is 4.39 Å².